The third kappa shape index (κ3) is 3.43. The number of ether oxygens (including phenoxy) is 1. The first kappa shape index (κ1) is 13.3. The van der Waals surface area contributed by atoms with Crippen LogP contribution in [-0.2, 0) is 4.74 Å². The summed E-state index contributed by atoms with van der Waals surface area (Å²) in [4.78, 5) is 2.73. The van der Waals surface area contributed by atoms with E-state index in [9.17, 15) is 0 Å². The van der Waals surface area contributed by atoms with Gasteiger partial charge in [0.1, 0.15) is 0 Å². The quantitative estimate of drug-likeness (QED) is 0.812. The van der Waals surface area contributed by atoms with Crippen molar-refractivity contribution in [3.05, 3.63) is 0 Å². The Bertz CT molecular complexity index is 222. The van der Waals surface area contributed by atoms with Crippen molar-refractivity contribution in [1.29, 1.82) is 0 Å². The van der Waals surface area contributed by atoms with Crippen molar-refractivity contribution in [2.45, 2.75) is 51.1 Å². The highest BCUT2D eigenvalue weighted by molar-refractivity contribution is 4.85. The van der Waals surface area contributed by atoms with Gasteiger partial charge in [0.15, 0.2) is 0 Å². The first-order valence-electron chi connectivity index (χ1n) is 7.34. The molecule has 3 unspecified atom stereocenters. The third-order valence-corrected chi connectivity index (χ3v) is 4.51. The Morgan fingerprint density at radius 3 is 2.88 bits per heavy atom. The van der Waals surface area contributed by atoms with Gasteiger partial charge in [0.05, 0.1) is 13.2 Å². The molecule has 2 aliphatic rings. The number of nitrogens with zero attached hydrogens (tertiary/aromatic N) is 1. The largest absolute Gasteiger partial charge is 0.379 e. The maximum absolute atomic E-state index is 5.61. The molecule has 3 atom stereocenters. The topological polar surface area (TPSA) is 24.5 Å². The average molecular weight is 240 g/mol. The SMILES string of the molecule is CCC1CCCCCN1CC1COCC1NC. The van der Waals surface area contributed by atoms with Gasteiger partial charge in [-0.1, -0.05) is 19.8 Å². The highest BCUT2D eigenvalue weighted by Gasteiger charge is 2.30. The number of hydrogen-bond donors (Lipinski definition) is 1. The van der Waals surface area contributed by atoms with Crippen molar-refractivity contribution in [2.24, 2.45) is 5.92 Å². The lowest BCUT2D eigenvalue weighted by molar-refractivity contribution is 0.140. The summed E-state index contributed by atoms with van der Waals surface area (Å²) in [5.41, 5.74) is 0. The van der Waals surface area contributed by atoms with Gasteiger partial charge in [-0.3, -0.25) is 4.90 Å². The van der Waals surface area contributed by atoms with Gasteiger partial charge in [-0.25, -0.2) is 0 Å². The van der Waals surface area contributed by atoms with Gasteiger partial charge in [-0.05, 0) is 32.9 Å². The summed E-state index contributed by atoms with van der Waals surface area (Å²) < 4.78 is 5.61. The molecule has 0 saturated carbocycles. The van der Waals surface area contributed by atoms with E-state index in [2.05, 4.69) is 24.2 Å². The zero-order valence-electron chi connectivity index (χ0n) is 11.5. The smallest absolute Gasteiger partial charge is 0.0623 e. The summed E-state index contributed by atoms with van der Waals surface area (Å²) in [5.74, 6) is 0.687. The molecule has 3 nitrogen and oxygen atoms in total. The second kappa shape index (κ2) is 6.72. The van der Waals surface area contributed by atoms with Crippen LogP contribution in [0.5, 0.6) is 0 Å². The summed E-state index contributed by atoms with van der Waals surface area (Å²) >= 11 is 0. The standard InChI is InChI=1S/C14H28N2O/c1-3-13-7-5-4-6-8-16(13)9-12-10-17-11-14(12)15-2/h12-15H,3-11H2,1-2H3. The lowest BCUT2D eigenvalue weighted by atomic mass is 10.0. The molecule has 0 spiro atoms. The number of hydrogen-bond acceptors (Lipinski definition) is 3. The van der Waals surface area contributed by atoms with E-state index in [4.69, 9.17) is 4.74 Å². The molecule has 2 aliphatic heterocycles. The molecule has 1 N–H and O–H groups in total. The fraction of sp³-hybridized carbons (Fsp3) is 1.00. The fourth-order valence-electron chi connectivity index (χ4n) is 3.34. The second-order valence-corrected chi connectivity index (χ2v) is 5.60. The number of rotatable bonds is 4. The molecule has 0 aliphatic carbocycles. The minimum absolute atomic E-state index is 0.566. The molecule has 0 amide bonds. The maximum Gasteiger partial charge on any atom is 0.0623 e. The van der Waals surface area contributed by atoms with Crippen molar-refractivity contribution >= 4 is 0 Å². The zero-order valence-corrected chi connectivity index (χ0v) is 11.5. The van der Waals surface area contributed by atoms with Crippen LogP contribution in [0.1, 0.15) is 39.0 Å². The van der Waals surface area contributed by atoms with Crippen LogP contribution >= 0.6 is 0 Å². The number of nitrogens with one attached hydrogen (secondary N) is 1. The Balaban J connectivity index is 1.90. The molecule has 2 heterocycles. The van der Waals surface area contributed by atoms with E-state index in [0.29, 0.717) is 12.0 Å². The van der Waals surface area contributed by atoms with E-state index in [1.807, 2.05) is 0 Å². The van der Waals surface area contributed by atoms with Crippen molar-refractivity contribution in [3.8, 4) is 0 Å². The van der Waals surface area contributed by atoms with Crippen LogP contribution in [-0.4, -0.2) is 50.3 Å². The summed E-state index contributed by atoms with van der Waals surface area (Å²) in [6.45, 7) is 6.70. The van der Waals surface area contributed by atoms with E-state index in [0.717, 1.165) is 19.3 Å². The van der Waals surface area contributed by atoms with Gasteiger partial charge >= 0.3 is 0 Å². The molecule has 0 aromatic rings. The van der Waals surface area contributed by atoms with Crippen molar-refractivity contribution < 1.29 is 4.74 Å². The van der Waals surface area contributed by atoms with Crippen LogP contribution in [0.3, 0.4) is 0 Å². The molecular weight excluding hydrogens is 212 g/mol. The van der Waals surface area contributed by atoms with Gasteiger partial charge in [0, 0.05) is 24.5 Å². The zero-order chi connectivity index (χ0) is 12.1. The Morgan fingerprint density at radius 2 is 2.12 bits per heavy atom. The van der Waals surface area contributed by atoms with Crippen LogP contribution in [0.25, 0.3) is 0 Å². The summed E-state index contributed by atoms with van der Waals surface area (Å²) in [6, 6.07) is 1.38. The molecule has 2 fully saturated rings. The van der Waals surface area contributed by atoms with Crippen LogP contribution in [0, 0.1) is 5.92 Å². The fourth-order valence-corrected chi connectivity index (χ4v) is 3.34. The summed E-state index contributed by atoms with van der Waals surface area (Å²) in [6.07, 6.45) is 6.93. The first-order chi connectivity index (χ1) is 8.35. The van der Waals surface area contributed by atoms with Crippen molar-refractivity contribution in [2.75, 3.05) is 33.4 Å². The van der Waals surface area contributed by atoms with Crippen LogP contribution in [0.15, 0.2) is 0 Å². The molecule has 100 valence electrons. The van der Waals surface area contributed by atoms with E-state index in [-0.39, 0.29) is 0 Å². The molecule has 3 heteroatoms. The first-order valence-corrected chi connectivity index (χ1v) is 7.34. The van der Waals surface area contributed by atoms with Gasteiger partial charge < -0.3 is 10.1 Å². The molecule has 2 saturated heterocycles. The van der Waals surface area contributed by atoms with E-state index < -0.39 is 0 Å². The minimum Gasteiger partial charge on any atom is -0.379 e. The van der Waals surface area contributed by atoms with Crippen molar-refractivity contribution in [3.63, 3.8) is 0 Å². The van der Waals surface area contributed by atoms with E-state index >= 15 is 0 Å². The summed E-state index contributed by atoms with van der Waals surface area (Å²) in [5, 5.41) is 3.40. The maximum atomic E-state index is 5.61. The molecule has 0 aromatic carbocycles. The molecule has 0 aromatic heterocycles. The van der Waals surface area contributed by atoms with Crippen LogP contribution in [0.4, 0.5) is 0 Å². The van der Waals surface area contributed by atoms with Gasteiger partial charge in [0.25, 0.3) is 0 Å². The molecule has 0 bridgehead atoms. The van der Waals surface area contributed by atoms with Crippen molar-refractivity contribution in [1.82, 2.24) is 10.2 Å². The van der Waals surface area contributed by atoms with Gasteiger partial charge in [-0.15, -0.1) is 0 Å². The summed E-state index contributed by atoms with van der Waals surface area (Å²) in [7, 11) is 2.06. The minimum atomic E-state index is 0.566. The highest BCUT2D eigenvalue weighted by Crippen LogP contribution is 2.23. The Kier molecular flexibility index (Phi) is 5.26. The van der Waals surface area contributed by atoms with Gasteiger partial charge in [-0.2, -0.15) is 0 Å². The normalized spacial score (nSPS) is 36.0. The van der Waals surface area contributed by atoms with Crippen LogP contribution < -0.4 is 5.32 Å². The number of likely N-dealkylation sites (N-methyl/N-ethyl adjacent to an activating group) is 1. The monoisotopic (exact) mass is 240 g/mol. The Labute approximate surface area is 106 Å². The molecule has 17 heavy (non-hydrogen) atoms. The Morgan fingerprint density at radius 1 is 1.24 bits per heavy atom. The molecular formula is C14H28N2O. The lowest BCUT2D eigenvalue weighted by Crippen LogP contribution is -2.44. The lowest BCUT2D eigenvalue weighted by Gasteiger charge is -2.32. The van der Waals surface area contributed by atoms with E-state index in [1.165, 1.54) is 45.2 Å². The Hall–Kier alpha value is -0.120. The predicted molar refractivity (Wildman–Crippen MR) is 71.3 cm³/mol. The third-order valence-electron chi connectivity index (χ3n) is 4.51. The number of likely N-dealkylation sites (tertiary alicyclic amines) is 1. The van der Waals surface area contributed by atoms with Gasteiger partial charge in [0.2, 0.25) is 0 Å². The molecule has 2 rings (SSSR count). The average Bonchev–Trinajstić information content (AvgIpc) is 2.67. The highest BCUT2D eigenvalue weighted by atomic mass is 16.5. The molecule has 0 radical (unpaired) electrons. The van der Waals surface area contributed by atoms with Crippen LogP contribution in [0.2, 0.25) is 0 Å². The van der Waals surface area contributed by atoms with E-state index in [1.54, 1.807) is 0 Å². The predicted octanol–water partition coefficient (Wildman–Crippen LogP) is 1.88. The second-order valence-electron chi connectivity index (χ2n) is 5.60.